The van der Waals surface area contributed by atoms with E-state index < -0.39 is 0 Å². The van der Waals surface area contributed by atoms with E-state index in [1.165, 1.54) is 24.7 Å². The van der Waals surface area contributed by atoms with Gasteiger partial charge in [-0.2, -0.15) is 11.8 Å². The first-order valence-corrected chi connectivity index (χ1v) is 7.40. The Balaban J connectivity index is 2.01. The summed E-state index contributed by atoms with van der Waals surface area (Å²) in [5.74, 6) is 2.39. The zero-order chi connectivity index (χ0) is 13.0. The molecule has 2 unspecified atom stereocenters. The minimum atomic E-state index is -0.341. The minimum absolute atomic E-state index is 0.161. The molecule has 0 spiro atoms. The van der Waals surface area contributed by atoms with Gasteiger partial charge in [0.2, 0.25) is 0 Å². The number of nitro groups is 1. The van der Waals surface area contributed by atoms with Gasteiger partial charge in [-0.25, -0.2) is 0 Å². The summed E-state index contributed by atoms with van der Waals surface area (Å²) in [5.41, 5.74) is 1.15. The average molecular weight is 266 g/mol. The molecule has 1 N–H and O–H groups in total. The fraction of sp³-hybridized carbons (Fsp3) is 0.538. The smallest absolute Gasteiger partial charge is 0.269 e. The molecule has 0 bridgehead atoms. The van der Waals surface area contributed by atoms with Gasteiger partial charge in [0.1, 0.15) is 0 Å². The standard InChI is InChI=1S/C13H18N2O2S/c1-10(14-12-5-3-7-18-9-12)11-4-2-6-13(8-11)15(16)17/h2,4,6,8,10,12,14H,3,5,7,9H2,1H3. The Morgan fingerprint density at radius 3 is 3.06 bits per heavy atom. The van der Waals surface area contributed by atoms with Gasteiger partial charge >= 0.3 is 0 Å². The molecule has 1 aliphatic rings. The average Bonchev–Trinajstić information content (AvgIpc) is 2.40. The molecule has 0 amide bonds. The number of rotatable bonds is 4. The molecule has 0 radical (unpaired) electrons. The second kappa shape index (κ2) is 6.20. The van der Waals surface area contributed by atoms with Crippen LogP contribution in [0.15, 0.2) is 24.3 Å². The molecule has 2 rings (SSSR count). The molecule has 1 heterocycles. The predicted molar refractivity (Wildman–Crippen MR) is 75.0 cm³/mol. The molecule has 1 fully saturated rings. The molecule has 1 aromatic rings. The third kappa shape index (κ3) is 3.46. The Bertz CT molecular complexity index is 419. The van der Waals surface area contributed by atoms with Crippen LogP contribution >= 0.6 is 11.8 Å². The topological polar surface area (TPSA) is 55.2 Å². The van der Waals surface area contributed by atoms with E-state index >= 15 is 0 Å². The molecular weight excluding hydrogens is 248 g/mol. The van der Waals surface area contributed by atoms with E-state index in [0.717, 1.165) is 11.3 Å². The van der Waals surface area contributed by atoms with Crippen molar-refractivity contribution in [3.63, 3.8) is 0 Å². The van der Waals surface area contributed by atoms with Crippen LogP contribution in [0.25, 0.3) is 0 Å². The van der Waals surface area contributed by atoms with Crippen LogP contribution in [0.3, 0.4) is 0 Å². The summed E-state index contributed by atoms with van der Waals surface area (Å²) < 4.78 is 0. The van der Waals surface area contributed by atoms with Crippen molar-refractivity contribution in [3.05, 3.63) is 39.9 Å². The summed E-state index contributed by atoms with van der Waals surface area (Å²) in [6.07, 6.45) is 2.45. The lowest BCUT2D eigenvalue weighted by Crippen LogP contribution is -2.35. The van der Waals surface area contributed by atoms with Crippen molar-refractivity contribution in [2.75, 3.05) is 11.5 Å². The Hall–Kier alpha value is -1.07. The number of hydrogen-bond donors (Lipinski definition) is 1. The first-order valence-electron chi connectivity index (χ1n) is 6.25. The van der Waals surface area contributed by atoms with Gasteiger partial charge in [-0.15, -0.1) is 0 Å². The number of nitro benzene ring substituents is 1. The molecule has 0 saturated carbocycles. The lowest BCUT2D eigenvalue weighted by atomic mass is 10.1. The normalized spacial score (nSPS) is 21.5. The zero-order valence-electron chi connectivity index (χ0n) is 10.5. The summed E-state index contributed by atoms with van der Waals surface area (Å²) in [4.78, 5) is 10.4. The lowest BCUT2D eigenvalue weighted by Gasteiger charge is -2.26. The molecule has 98 valence electrons. The van der Waals surface area contributed by atoms with Crippen LogP contribution in [-0.4, -0.2) is 22.5 Å². The summed E-state index contributed by atoms with van der Waals surface area (Å²) in [7, 11) is 0. The highest BCUT2D eigenvalue weighted by Crippen LogP contribution is 2.23. The van der Waals surface area contributed by atoms with Crippen molar-refractivity contribution in [1.29, 1.82) is 0 Å². The lowest BCUT2D eigenvalue weighted by molar-refractivity contribution is -0.384. The van der Waals surface area contributed by atoms with Gasteiger partial charge in [-0.3, -0.25) is 10.1 Å². The van der Waals surface area contributed by atoms with Crippen LogP contribution in [0, 0.1) is 10.1 Å². The van der Waals surface area contributed by atoms with Crippen molar-refractivity contribution in [3.8, 4) is 0 Å². The Labute approximate surface area is 111 Å². The van der Waals surface area contributed by atoms with E-state index in [1.54, 1.807) is 12.1 Å². The number of nitrogens with zero attached hydrogens (tertiary/aromatic N) is 1. The third-order valence-electron chi connectivity index (χ3n) is 3.23. The minimum Gasteiger partial charge on any atom is -0.307 e. The predicted octanol–water partition coefficient (Wildman–Crippen LogP) is 3.14. The van der Waals surface area contributed by atoms with Gasteiger partial charge in [-0.1, -0.05) is 12.1 Å². The molecular formula is C13H18N2O2S. The molecule has 1 saturated heterocycles. The highest BCUT2D eigenvalue weighted by Gasteiger charge is 2.17. The van der Waals surface area contributed by atoms with Crippen LogP contribution in [-0.2, 0) is 0 Å². The van der Waals surface area contributed by atoms with Crippen LogP contribution < -0.4 is 5.32 Å². The van der Waals surface area contributed by atoms with Crippen LogP contribution in [0.2, 0.25) is 0 Å². The number of benzene rings is 1. The first-order chi connectivity index (χ1) is 8.66. The molecule has 4 nitrogen and oxygen atoms in total. The Morgan fingerprint density at radius 2 is 2.39 bits per heavy atom. The van der Waals surface area contributed by atoms with Crippen LogP contribution in [0.4, 0.5) is 5.69 Å². The maximum absolute atomic E-state index is 10.7. The summed E-state index contributed by atoms with van der Waals surface area (Å²) in [5, 5.41) is 14.3. The van der Waals surface area contributed by atoms with Crippen molar-refractivity contribution in [2.45, 2.75) is 31.8 Å². The molecule has 1 aliphatic heterocycles. The molecule has 5 heteroatoms. The van der Waals surface area contributed by atoms with Gasteiger partial charge in [0.15, 0.2) is 0 Å². The highest BCUT2D eigenvalue weighted by atomic mass is 32.2. The molecule has 18 heavy (non-hydrogen) atoms. The Kier molecular flexibility index (Phi) is 4.60. The molecule has 2 atom stereocenters. The SMILES string of the molecule is CC(NC1CCCSC1)c1cccc([N+](=O)[O-])c1. The van der Waals surface area contributed by atoms with Crippen molar-refractivity contribution in [2.24, 2.45) is 0 Å². The largest absolute Gasteiger partial charge is 0.307 e. The summed E-state index contributed by atoms with van der Waals surface area (Å²) in [6, 6.07) is 7.58. The van der Waals surface area contributed by atoms with Crippen molar-refractivity contribution >= 4 is 17.4 Å². The van der Waals surface area contributed by atoms with Gasteiger partial charge in [0.25, 0.3) is 5.69 Å². The highest BCUT2D eigenvalue weighted by molar-refractivity contribution is 7.99. The maximum atomic E-state index is 10.7. The van der Waals surface area contributed by atoms with Crippen LogP contribution in [0.5, 0.6) is 0 Å². The summed E-state index contributed by atoms with van der Waals surface area (Å²) in [6.45, 7) is 2.07. The third-order valence-corrected chi connectivity index (χ3v) is 4.44. The number of nitrogens with one attached hydrogen (secondary N) is 1. The fourth-order valence-corrected chi connectivity index (χ4v) is 3.31. The van der Waals surface area contributed by atoms with Gasteiger partial charge in [0, 0.05) is 30.0 Å². The van der Waals surface area contributed by atoms with Crippen LogP contribution in [0.1, 0.15) is 31.4 Å². The molecule has 1 aromatic carbocycles. The molecule has 0 aliphatic carbocycles. The van der Waals surface area contributed by atoms with E-state index in [1.807, 2.05) is 17.8 Å². The number of thioether (sulfide) groups is 1. The van der Waals surface area contributed by atoms with E-state index in [9.17, 15) is 10.1 Å². The fourth-order valence-electron chi connectivity index (χ4n) is 2.23. The van der Waals surface area contributed by atoms with Gasteiger partial charge in [-0.05, 0) is 31.1 Å². The van der Waals surface area contributed by atoms with Crippen molar-refractivity contribution < 1.29 is 4.92 Å². The monoisotopic (exact) mass is 266 g/mol. The quantitative estimate of drug-likeness (QED) is 0.672. The second-order valence-electron chi connectivity index (χ2n) is 4.65. The van der Waals surface area contributed by atoms with Crippen molar-refractivity contribution in [1.82, 2.24) is 5.32 Å². The van der Waals surface area contributed by atoms with E-state index in [2.05, 4.69) is 12.2 Å². The zero-order valence-corrected chi connectivity index (χ0v) is 11.3. The molecule has 0 aromatic heterocycles. The first kappa shape index (κ1) is 13.4. The summed E-state index contributed by atoms with van der Waals surface area (Å²) >= 11 is 1.98. The van der Waals surface area contributed by atoms with Gasteiger partial charge < -0.3 is 5.32 Å². The Morgan fingerprint density at radius 1 is 1.56 bits per heavy atom. The number of hydrogen-bond acceptors (Lipinski definition) is 4. The van der Waals surface area contributed by atoms with E-state index in [0.29, 0.717) is 6.04 Å². The van der Waals surface area contributed by atoms with E-state index in [4.69, 9.17) is 0 Å². The van der Waals surface area contributed by atoms with E-state index in [-0.39, 0.29) is 16.7 Å². The van der Waals surface area contributed by atoms with Gasteiger partial charge in [0.05, 0.1) is 4.92 Å². The second-order valence-corrected chi connectivity index (χ2v) is 5.80. The number of non-ortho nitro benzene ring substituents is 1. The maximum Gasteiger partial charge on any atom is 0.269 e.